The summed E-state index contributed by atoms with van der Waals surface area (Å²) in [6, 6.07) is 13.6. The molecule has 1 heterocycles. The van der Waals surface area contributed by atoms with Gasteiger partial charge < -0.3 is 4.74 Å². The number of rotatable bonds is 0. The number of ether oxygens (including phenoxy) is 1. The van der Waals surface area contributed by atoms with Gasteiger partial charge in [-0.1, -0.05) is 46.3 Å². The summed E-state index contributed by atoms with van der Waals surface area (Å²) in [7, 11) is 0. The van der Waals surface area contributed by atoms with E-state index < -0.39 is 0 Å². The van der Waals surface area contributed by atoms with Gasteiger partial charge in [-0.3, -0.25) is 0 Å². The van der Waals surface area contributed by atoms with Crippen molar-refractivity contribution in [2.75, 3.05) is 0 Å². The van der Waals surface area contributed by atoms with E-state index in [4.69, 9.17) is 4.74 Å². The van der Waals surface area contributed by atoms with E-state index in [1.807, 2.05) is 36.4 Å². The second-order valence-corrected chi connectivity index (χ2v) is 4.84. The molecule has 0 bridgehead atoms. The fraction of sp³-hybridized carbons (Fsp3) is 0.0714. The van der Waals surface area contributed by atoms with Gasteiger partial charge in [0.15, 0.2) is 0 Å². The van der Waals surface area contributed by atoms with E-state index in [-0.39, 0.29) is 5.97 Å². The quantitative estimate of drug-likeness (QED) is 0.690. The van der Waals surface area contributed by atoms with E-state index in [0.29, 0.717) is 12.2 Å². The predicted octanol–water partition coefficient (Wildman–Crippen LogP) is 3.79. The van der Waals surface area contributed by atoms with Crippen molar-refractivity contribution in [3.05, 3.63) is 58.1 Å². The van der Waals surface area contributed by atoms with Gasteiger partial charge in [-0.15, -0.1) is 0 Å². The highest BCUT2D eigenvalue weighted by molar-refractivity contribution is 9.10. The van der Waals surface area contributed by atoms with E-state index >= 15 is 0 Å². The first-order valence-electron chi connectivity index (χ1n) is 5.30. The molecule has 0 aromatic heterocycles. The van der Waals surface area contributed by atoms with Crippen molar-refractivity contribution in [2.24, 2.45) is 0 Å². The average Bonchev–Trinajstić information content (AvgIpc) is 2.48. The number of esters is 1. The Labute approximate surface area is 107 Å². The number of hydrogen-bond donors (Lipinski definition) is 0. The number of carbonyl (C=O) groups excluding carboxylic acids is 1. The zero-order valence-electron chi connectivity index (χ0n) is 8.94. The van der Waals surface area contributed by atoms with Crippen molar-refractivity contribution < 1.29 is 9.53 Å². The summed E-state index contributed by atoms with van der Waals surface area (Å²) in [6.45, 7) is 0.335. The number of carbonyl (C=O) groups is 1. The van der Waals surface area contributed by atoms with Crippen LogP contribution in [0.25, 0.3) is 11.1 Å². The van der Waals surface area contributed by atoms with Gasteiger partial charge in [0.1, 0.15) is 6.61 Å². The highest BCUT2D eigenvalue weighted by Crippen LogP contribution is 2.32. The third kappa shape index (κ3) is 1.76. The van der Waals surface area contributed by atoms with Crippen LogP contribution in [0, 0.1) is 0 Å². The molecule has 0 fully saturated rings. The highest BCUT2D eigenvalue weighted by atomic mass is 79.9. The minimum Gasteiger partial charge on any atom is -0.457 e. The second kappa shape index (κ2) is 4.00. The Balaban J connectivity index is 2.31. The van der Waals surface area contributed by atoms with Gasteiger partial charge in [0.2, 0.25) is 0 Å². The molecule has 0 amide bonds. The SMILES string of the molecule is O=C1OCc2ccccc2-c2ccc(Br)cc21. The molecule has 3 heteroatoms. The molecule has 0 spiro atoms. The minimum atomic E-state index is -0.266. The lowest BCUT2D eigenvalue weighted by atomic mass is 9.97. The lowest BCUT2D eigenvalue weighted by Crippen LogP contribution is -2.02. The Morgan fingerprint density at radius 2 is 1.82 bits per heavy atom. The van der Waals surface area contributed by atoms with E-state index in [0.717, 1.165) is 21.2 Å². The van der Waals surface area contributed by atoms with E-state index in [1.165, 1.54) is 0 Å². The summed E-state index contributed by atoms with van der Waals surface area (Å²) < 4.78 is 6.13. The van der Waals surface area contributed by atoms with Crippen LogP contribution < -0.4 is 0 Å². The monoisotopic (exact) mass is 288 g/mol. The summed E-state index contributed by atoms with van der Waals surface area (Å²) in [6.07, 6.45) is 0. The van der Waals surface area contributed by atoms with Crippen LogP contribution >= 0.6 is 15.9 Å². The van der Waals surface area contributed by atoms with Crippen LogP contribution in [0.15, 0.2) is 46.9 Å². The molecule has 3 rings (SSSR count). The first-order valence-corrected chi connectivity index (χ1v) is 6.10. The molecule has 17 heavy (non-hydrogen) atoms. The molecule has 0 saturated carbocycles. The van der Waals surface area contributed by atoms with E-state index in [2.05, 4.69) is 15.9 Å². The van der Waals surface area contributed by atoms with Crippen molar-refractivity contribution in [3.63, 3.8) is 0 Å². The molecule has 2 aromatic rings. The number of cyclic esters (lactones) is 1. The van der Waals surface area contributed by atoms with Gasteiger partial charge in [-0.25, -0.2) is 4.79 Å². The summed E-state index contributed by atoms with van der Waals surface area (Å²) in [5.74, 6) is -0.266. The van der Waals surface area contributed by atoms with Gasteiger partial charge in [0.05, 0.1) is 5.56 Å². The second-order valence-electron chi connectivity index (χ2n) is 3.92. The smallest absolute Gasteiger partial charge is 0.339 e. The molecule has 0 saturated heterocycles. The minimum absolute atomic E-state index is 0.266. The zero-order valence-corrected chi connectivity index (χ0v) is 10.5. The topological polar surface area (TPSA) is 26.3 Å². The number of hydrogen-bond acceptors (Lipinski definition) is 2. The number of benzene rings is 2. The van der Waals surface area contributed by atoms with Crippen LogP contribution in [0.4, 0.5) is 0 Å². The maximum atomic E-state index is 11.9. The van der Waals surface area contributed by atoms with Crippen molar-refractivity contribution in [1.82, 2.24) is 0 Å². The Kier molecular flexibility index (Phi) is 2.48. The molecule has 1 aliphatic rings. The maximum absolute atomic E-state index is 11.9. The van der Waals surface area contributed by atoms with Crippen molar-refractivity contribution >= 4 is 21.9 Å². The molecule has 2 nitrogen and oxygen atoms in total. The molecule has 0 radical (unpaired) electrons. The van der Waals surface area contributed by atoms with Gasteiger partial charge >= 0.3 is 5.97 Å². The Morgan fingerprint density at radius 1 is 1.00 bits per heavy atom. The van der Waals surface area contributed by atoms with Crippen LogP contribution in [0.3, 0.4) is 0 Å². The Morgan fingerprint density at radius 3 is 2.71 bits per heavy atom. The Hall–Kier alpha value is -1.61. The fourth-order valence-electron chi connectivity index (χ4n) is 2.05. The summed E-state index contributed by atoms with van der Waals surface area (Å²) >= 11 is 3.38. The predicted molar refractivity (Wildman–Crippen MR) is 68.7 cm³/mol. The van der Waals surface area contributed by atoms with Crippen molar-refractivity contribution in [1.29, 1.82) is 0 Å². The molecule has 0 atom stereocenters. The van der Waals surface area contributed by atoms with E-state index in [9.17, 15) is 4.79 Å². The summed E-state index contributed by atoms with van der Waals surface area (Å²) in [5.41, 5.74) is 3.67. The molecule has 2 aromatic carbocycles. The Bertz CT molecular complexity index is 605. The molecule has 1 aliphatic heterocycles. The number of fused-ring (bicyclic) bond motifs is 3. The highest BCUT2D eigenvalue weighted by Gasteiger charge is 2.20. The fourth-order valence-corrected chi connectivity index (χ4v) is 2.41. The first kappa shape index (κ1) is 10.5. The molecular formula is C14H9BrO2. The standard InChI is InChI=1S/C14H9BrO2/c15-10-5-6-12-11-4-2-1-3-9(11)8-17-14(16)13(12)7-10/h1-7H,8H2. The average molecular weight is 289 g/mol. The third-order valence-electron chi connectivity index (χ3n) is 2.87. The molecule has 0 N–H and O–H groups in total. The normalized spacial score (nSPS) is 13.4. The van der Waals surface area contributed by atoms with Crippen LogP contribution in [0.2, 0.25) is 0 Å². The third-order valence-corrected chi connectivity index (χ3v) is 3.36. The van der Waals surface area contributed by atoms with Crippen LogP contribution in [0.1, 0.15) is 15.9 Å². The largest absolute Gasteiger partial charge is 0.457 e. The van der Waals surface area contributed by atoms with Gasteiger partial charge in [-0.05, 0) is 28.8 Å². The van der Waals surface area contributed by atoms with Gasteiger partial charge in [0, 0.05) is 4.47 Å². The van der Waals surface area contributed by atoms with Crippen LogP contribution in [-0.4, -0.2) is 5.97 Å². The maximum Gasteiger partial charge on any atom is 0.339 e. The number of halogens is 1. The van der Waals surface area contributed by atoms with Gasteiger partial charge in [0.25, 0.3) is 0 Å². The lowest BCUT2D eigenvalue weighted by Gasteiger charge is -2.06. The summed E-state index contributed by atoms with van der Waals surface area (Å²) in [5, 5.41) is 0. The van der Waals surface area contributed by atoms with Crippen molar-refractivity contribution in [3.8, 4) is 11.1 Å². The zero-order chi connectivity index (χ0) is 11.8. The molecule has 0 aliphatic carbocycles. The van der Waals surface area contributed by atoms with Crippen molar-refractivity contribution in [2.45, 2.75) is 6.61 Å². The molecule has 84 valence electrons. The van der Waals surface area contributed by atoms with E-state index in [1.54, 1.807) is 6.07 Å². The first-order chi connectivity index (χ1) is 8.25. The lowest BCUT2D eigenvalue weighted by molar-refractivity contribution is 0.0479. The van der Waals surface area contributed by atoms with Crippen LogP contribution in [0.5, 0.6) is 0 Å². The van der Waals surface area contributed by atoms with Crippen LogP contribution in [-0.2, 0) is 11.3 Å². The molecule has 0 unspecified atom stereocenters. The summed E-state index contributed by atoms with van der Waals surface area (Å²) in [4.78, 5) is 11.9. The molecular weight excluding hydrogens is 280 g/mol. The van der Waals surface area contributed by atoms with Gasteiger partial charge in [-0.2, -0.15) is 0 Å².